The van der Waals surface area contributed by atoms with E-state index in [0.29, 0.717) is 6.54 Å². The molecule has 0 rings (SSSR count). The second-order valence-electron chi connectivity index (χ2n) is 2.20. The lowest BCUT2D eigenvalue weighted by Gasteiger charge is -1.97. The highest BCUT2D eigenvalue weighted by molar-refractivity contribution is 5.79. The topological polar surface area (TPSA) is 83.4 Å². The van der Waals surface area contributed by atoms with Gasteiger partial charge in [0.2, 0.25) is 5.96 Å². The molecule has 0 spiro atoms. The smallest absolute Gasteiger partial charge is 0.202 e. The number of hydrogen-bond donors (Lipinski definition) is 2. The van der Waals surface area contributed by atoms with E-state index in [2.05, 4.69) is 10.3 Å². The van der Waals surface area contributed by atoms with Crippen molar-refractivity contribution in [2.45, 2.75) is 12.8 Å². The van der Waals surface area contributed by atoms with Crippen LogP contribution < -0.4 is 11.1 Å². The van der Waals surface area contributed by atoms with Gasteiger partial charge in [-0.15, -0.1) is 0 Å². The molecule has 0 aromatic heterocycles. The van der Waals surface area contributed by atoms with Crippen molar-refractivity contribution in [2.75, 3.05) is 20.3 Å². The zero-order valence-corrected chi connectivity index (χ0v) is 7.21. The van der Waals surface area contributed by atoms with Crippen LogP contribution >= 0.6 is 0 Å². The summed E-state index contributed by atoms with van der Waals surface area (Å²) in [5.74, 6) is 0.176. The molecule has 0 aromatic carbocycles. The minimum atomic E-state index is 0.176. The van der Waals surface area contributed by atoms with E-state index in [1.807, 2.05) is 0 Å². The first-order valence-electron chi connectivity index (χ1n) is 3.75. The molecule has 5 nitrogen and oxygen atoms in total. The van der Waals surface area contributed by atoms with E-state index in [1.165, 1.54) is 0 Å². The van der Waals surface area contributed by atoms with Crippen molar-refractivity contribution >= 4 is 5.96 Å². The Balaban J connectivity index is 3.28. The van der Waals surface area contributed by atoms with Crippen molar-refractivity contribution in [3.05, 3.63) is 0 Å². The average Bonchev–Trinajstić information content (AvgIpc) is 2.05. The fourth-order valence-electron chi connectivity index (χ4n) is 0.655. The highest BCUT2D eigenvalue weighted by Crippen LogP contribution is 1.88. The van der Waals surface area contributed by atoms with Gasteiger partial charge in [0.25, 0.3) is 0 Å². The number of guanidine groups is 1. The number of hydrogen-bond acceptors (Lipinski definition) is 3. The molecule has 0 heterocycles. The lowest BCUT2D eigenvalue weighted by atomic mass is 10.3. The molecule has 3 N–H and O–H groups in total. The van der Waals surface area contributed by atoms with E-state index < -0.39 is 0 Å². The molecular weight excluding hydrogens is 156 g/mol. The van der Waals surface area contributed by atoms with E-state index in [9.17, 15) is 0 Å². The first-order valence-corrected chi connectivity index (χ1v) is 3.75. The zero-order chi connectivity index (χ0) is 9.23. The number of rotatable bonds is 5. The van der Waals surface area contributed by atoms with Crippen molar-refractivity contribution in [3.63, 3.8) is 0 Å². The summed E-state index contributed by atoms with van der Waals surface area (Å²) in [6.45, 7) is 1.37. The lowest BCUT2D eigenvalue weighted by Crippen LogP contribution is -2.27. The Hall–Kier alpha value is -1.28. The standard InChI is InChI=1S/C7H14N4O/c1-12-5-3-2-4-10-7(9)11-6-8/h2-5H2,1H3,(H3,9,10,11). The molecule has 0 radical (unpaired) electrons. The molecule has 0 bridgehead atoms. The Labute approximate surface area is 72.2 Å². The van der Waals surface area contributed by atoms with Gasteiger partial charge in [-0.2, -0.15) is 5.26 Å². The monoisotopic (exact) mass is 170 g/mol. The molecule has 0 aliphatic heterocycles. The van der Waals surface area contributed by atoms with E-state index in [1.54, 1.807) is 13.3 Å². The summed E-state index contributed by atoms with van der Waals surface area (Å²) < 4.78 is 4.85. The maximum Gasteiger partial charge on any atom is 0.202 e. The molecule has 0 unspecified atom stereocenters. The highest BCUT2D eigenvalue weighted by atomic mass is 16.5. The Morgan fingerprint density at radius 3 is 3.00 bits per heavy atom. The molecule has 0 fully saturated rings. The predicted octanol–water partition coefficient (Wildman–Crippen LogP) is -0.202. The predicted molar refractivity (Wildman–Crippen MR) is 46.3 cm³/mol. The van der Waals surface area contributed by atoms with Gasteiger partial charge < -0.3 is 10.5 Å². The Bertz CT molecular complexity index is 173. The molecule has 0 atom stereocenters. The Morgan fingerprint density at radius 1 is 1.67 bits per heavy atom. The second kappa shape index (κ2) is 7.82. The van der Waals surface area contributed by atoms with Crippen LogP contribution in [-0.2, 0) is 4.74 Å². The number of nitrogens with two attached hydrogens (primary N) is 1. The molecule has 0 saturated heterocycles. The number of nitriles is 1. The van der Waals surface area contributed by atoms with Gasteiger partial charge in [-0.25, -0.2) is 0 Å². The maximum atomic E-state index is 8.14. The van der Waals surface area contributed by atoms with Crippen LogP contribution in [0, 0.1) is 11.5 Å². The molecule has 0 saturated carbocycles. The Morgan fingerprint density at radius 2 is 2.42 bits per heavy atom. The SMILES string of the molecule is COCCCCN=C(N)NC#N. The van der Waals surface area contributed by atoms with Crippen LogP contribution in [-0.4, -0.2) is 26.2 Å². The number of unbranched alkanes of at least 4 members (excludes halogenated alkanes) is 1. The van der Waals surface area contributed by atoms with Crippen molar-refractivity contribution in [1.29, 1.82) is 5.26 Å². The van der Waals surface area contributed by atoms with Crippen LogP contribution in [0.3, 0.4) is 0 Å². The summed E-state index contributed by atoms with van der Waals surface area (Å²) in [5, 5.41) is 10.4. The quantitative estimate of drug-likeness (QED) is 0.197. The normalized spacial score (nSPS) is 10.8. The fraction of sp³-hybridized carbons (Fsp3) is 0.714. The molecule has 0 aliphatic carbocycles. The minimum absolute atomic E-state index is 0.176. The van der Waals surface area contributed by atoms with Gasteiger partial charge >= 0.3 is 0 Å². The molecule has 0 aliphatic rings. The third-order valence-corrected chi connectivity index (χ3v) is 1.22. The molecular formula is C7H14N4O. The summed E-state index contributed by atoms with van der Waals surface area (Å²) in [5.41, 5.74) is 5.28. The van der Waals surface area contributed by atoms with E-state index >= 15 is 0 Å². The third-order valence-electron chi connectivity index (χ3n) is 1.22. The summed E-state index contributed by atoms with van der Waals surface area (Å²) >= 11 is 0. The highest BCUT2D eigenvalue weighted by Gasteiger charge is 1.88. The molecule has 0 amide bonds. The van der Waals surface area contributed by atoms with E-state index in [-0.39, 0.29) is 5.96 Å². The minimum Gasteiger partial charge on any atom is -0.385 e. The van der Waals surface area contributed by atoms with Crippen molar-refractivity contribution in [2.24, 2.45) is 10.7 Å². The maximum absolute atomic E-state index is 8.14. The number of methoxy groups -OCH3 is 1. The van der Waals surface area contributed by atoms with Gasteiger partial charge in [0.1, 0.15) is 0 Å². The first-order chi connectivity index (χ1) is 5.81. The summed E-state index contributed by atoms with van der Waals surface area (Å²) in [6.07, 6.45) is 3.57. The molecule has 68 valence electrons. The van der Waals surface area contributed by atoms with Gasteiger partial charge in [0.05, 0.1) is 0 Å². The number of nitrogens with zero attached hydrogens (tertiary/aromatic N) is 2. The van der Waals surface area contributed by atoms with Crippen LogP contribution in [0.5, 0.6) is 0 Å². The molecule has 5 heteroatoms. The lowest BCUT2D eigenvalue weighted by molar-refractivity contribution is 0.193. The van der Waals surface area contributed by atoms with Crippen LogP contribution in [0.1, 0.15) is 12.8 Å². The van der Waals surface area contributed by atoms with Gasteiger partial charge in [-0.3, -0.25) is 10.3 Å². The second-order valence-corrected chi connectivity index (χ2v) is 2.20. The zero-order valence-electron chi connectivity index (χ0n) is 7.21. The largest absolute Gasteiger partial charge is 0.385 e. The van der Waals surface area contributed by atoms with Crippen LogP contribution in [0.15, 0.2) is 4.99 Å². The van der Waals surface area contributed by atoms with Crippen molar-refractivity contribution in [3.8, 4) is 6.19 Å². The third kappa shape index (κ3) is 6.83. The van der Waals surface area contributed by atoms with Gasteiger partial charge in [-0.1, -0.05) is 0 Å². The van der Waals surface area contributed by atoms with Crippen LogP contribution in [0.4, 0.5) is 0 Å². The van der Waals surface area contributed by atoms with Crippen LogP contribution in [0.25, 0.3) is 0 Å². The number of aliphatic imine (C=N–C) groups is 1. The van der Waals surface area contributed by atoms with Crippen LogP contribution in [0.2, 0.25) is 0 Å². The summed E-state index contributed by atoms with van der Waals surface area (Å²) in [6, 6.07) is 0. The molecule has 0 aromatic rings. The van der Waals surface area contributed by atoms with E-state index in [4.69, 9.17) is 15.7 Å². The summed E-state index contributed by atoms with van der Waals surface area (Å²) in [4.78, 5) is 3.89. The van der Waals surface area contributed by atoms with Crippen molar-refractivity contribution < 1.29 is 4.74 Å². The molecule has 12 heavy (non-hydrogen) atoms. The Kier molecular flexibility index (Phi) is 6.99. The van der Waals surface area contributed by atoms with E-state index in [0.717, 1.165) is 19.4 Å². The number of ether oxygens (including phenoxy) is 1. The summed E-state index contributed by atoms with van der Waals surface area (Å²) in [7, 11) is 1.66. The van der Waals surface area contributed by atoms with Crippen molar-refractivity contribution in [1.82, 2.24) is 5.32 Å². The number of nitrogens with one attached hydrogen (secondary N) is 1. The fourth-order valence-corrected chi connectivity index (χ4v) is 0.655. The first kappa shape index (κ1) is 10.7. The average molecular weight is 170 g/mol. The van der Waals surface area contributed by atoms with Gasteiger partial charge in [0, 0.05) is 20.3 Å². The van der Waals surface area contributed by atoms with Gasteiger partial charge in [0.15, 0.2) is 6.19 Å². The van der Waals surface area contributed by atoms with Gasteiger partial charge in [-0.05, 0) is 12.8 Å².